The molecule has 108 valence electrons. The fourth-order valence-electron chi connectivity index (χ4n) is 1.66. The third kappa shape index (κ3) is 3.74. The largest absolute Gasteiger partial charge is 0.454 e. The molecule has 0 aromatic heterocycles. The zero-order chi connectivity index (χ0) is 15.4. The van der Waals surface area contributed by atoms with E-state index in [4.69, 9.17) is 33.7 Å². The first kappa shape index (κ1) is 15.4. The number of carbonyl (C=O) groups excluding carboxylic acids is 2. The van der Waals surface area contributed by atoms with Crippen molar-refractivity contribution in [1.82, 2.24) is 0 Å². The van der Waals surface area contributed by atoms with Crippen LogP contribution in [-0.2, 0) is 4.74 Å². The summed E-state index contributed by atoms with van der Waals surface area (Å²) >= 11 is 11.6. The maximum atomic E-state index is 11.9. The maximum Gasteiger partial charge on any atom is 0.340 e. The van der Waals surface area contributed by atoms with E-state index in [0.29, 0.717) is 5.56 Å². The summed E-state index contributed by atoms with van der Waals surface area (Å²) in [5, 5.41) is 0.429. The molecule has 0 aliphatic rings. The zero-order valence-electron chi connectivity index (χ0n) is 10.8. The molecule has 0 bridgehead atoms. The van der Waals surface area contributed by atoms with Crippen molar-refractivity contribution in [3.63, 3.8) is 0 Å². The fraction of sp³-hybridized carbons (Fsp3) is 0.0667. The van der Waals surface area contributed by atoms with Crippen molar-refractivity contribution in [2.24, 2.45) is 0 Å². The van der Waals surface area contributed by atoms with Gasteiger partial charge in [0.2, 0.25) is 0 Å². The molecule has 0 amide bonds. The van der Waals surface area contributed by atoms with Crippen LogP contribution in [0, 0.1) is 0 Å². The van der Waals surface area contributed by atoms with Gasteiger partial charge in [-0.15, -0.1) is 0 Å². The zero-order valence-corrected chi connectivity index (χ0v) is 12.3. The van der Waals surface area contributed by atoms with Crippen molar-refractivity contribution < 1.29 is 14.3 Å². The average Bonchev–Trinajstić information content (AvgIpc) is 2.49. The molecule has 2 aromatic carbocycles. The van der Waals surface area contributed by atoms with Gasteiger partial charge in [0.15, 0.2) is 12.4 Å². The molecule has 6 heteroatoms. The predicted octanol–water partition coefficient (Wildman–Crippen LogP) is 3.62. The van der Waals surface area contributed by atoms with Gasteiger partial charge >= 0.3 is 5.97 Å². The Balaban J connectivity index is 2.06. The van der Waals surface area contributed by atoms with Crippen molar-refractivity contribution in [3.05, 3.63) is 63.6 Å². The van der Waals surface area contributed by atoms with Gasteiger partial charge in [-0.05, 0) is 12.1 Å². The standard InChI is InChI=1S/C15H11Cl2NO3/c16-11-6-10(13(18)7-12(11)17)15(20)21-8-14(19)9-4-2-1-3-5-9/h1-7H,8,18H2. The second-order valence-electron chi connectivity index (χ2n) is 4.22. The SMILES string of the molecule is Nc1cc(Cl)c(Cl)cc1C(=O)OCC(=O)c1ccccc1. The smallest absolute Gasteiger partial charge is 0.340 e. The van der Waals surface area contributed by atoms with Gasteiger partial charge in [-0.1, -0.05) is 53.5 Å². The minimum absolute atomic E-state index is 0.0743. The number of hydrogen-bond acceptors (Lipinski definition) is 4. The lowest BCUT2D eigenvalue weighted by molar-refractivity contribution is 0.0476. The quantitative estimate of drug-likeness (QED) is 0.530. The molecule has 0 heterocycles. The van der Waals surface area contributed by atoms with E-state index in [1.165, 1.54) is 12.1 Å². The van der Waals surface area contributed by atoms with Gasteiger partial charge < -0.3 is 10.5 Å². The number of ketones is 1. The van der Waals surface area contributed by atoms with Crippen LogP contribution in [0.2, 0.25) is 10.0 Å². The van der Waals surface area contributed by atoms with Gasteiger partial charge in [0.1, 0.15) is 0 Å². The minimum Gasteiger partial charge on any atom is -0.454 e. The number of nitrogen functional groups attached to an aromatic ring is 1. The highest BCUT2D eigenvalue weighted by Gasteiger charge is 2.16. The van der Waals surface area contributed by atoms with E-state index < -0.39 is 5.97 Å². The average molecular weight is 324 g/mol. The van der Waals surface area contributed by atoms with Gasteiger partial charge in [-0.25, -0.2) is 4.79 Å². The summed E-state index contributed by atoms with van der Waals surface area (Å²) in [6.07, 6.45) is 0. The molecule has 2 N–H and O–H groups in total. The lowest BCUT2D eigenvalue weighted by Crippen LogP contribution is -2.15. The first-order valence-corrected chi connectivity index (χ1v) is 6.74. The number of carbonyl (C=O) groups is 2. The summed E-state index contributed by atoms with van der Waals surface area (Å²) in [6.45, 7) is -0.372. The number of ether oxygens (including phenoxy) is 1. The third-order valence-corrected chi connectivity index (χ3v) is 3.46. The molecule has 0 aliphatic heterocycles. The van der Waals surface area contributed by atoms with Crippen LogP contribution in [0.1, 0.15) is 20.7 Å². The summed E-state index contributed by atoms with van der Waals surface area (Å²) in [5.41, 5.74) is 6.36. The second kappa shape index (κ2) is 6.61. The molecule has 0 atom stereocenters. The molecule has 4 nitrogen and oxygen atoms in total. The van der Waals surface area contributed by atoms with E-state index >= 15 is 0 Å². The number of rotatable bonds is 4. The van der Waals surface area contributed by atoms with E-state index in [2.05, 4.69) is 0 Å². The molecule has 2 rings (SSSR count). The van der Waals surface area contributed by atoms with Crippen LogP contribution < -0.4 is 5.73 Å². The highest BCUT2D eigenvalue weighted by molar-refractivity contribution is 6.42. The molecule has 0 saturated carbocycles. The Labute approximate surface area is 131 Å². The summed E-state index contributed by atoms with van der Waals surface area (Å²) in [5.74, 6) is -1.03. The molecule has 0 radical (unpaired) electrons. The van der Waals surface area contributed by atoms with E-state index in [1.807, 2.05) is 0 Å². The molecule has 0 aliphatic carbocycles. The predicted molar refractivity (Wildman–Crippen MR) is 81.9 cm³/mol. The molecular formula is C15H11Cl2NO3. The van der Waals surface area contributed by atoms with Crippen LogP contribution in [0.25, 0.3) is 0 Å². The number of Topliss-reactive ketones (excluding diaryl/α,β-unsaturated/α-hetero) is 1. The third-order valence-electron chi connectivity index (χ3n) is 2.74. The van der Waals surface area contributed by atoms with Crippen LogP contribution in [0.5, 0.6) is 0 Å². The molecular weight excluding hydrogens is 313 g/mol. The van der Waals surface area contributed by atoms with Gasteiger partial charge in [0.05, 0.1) is 15.6 Å². The first-order chi connectivity index (χ1) is 9.99. The van der Waals surface area contributed by atoms with Gasteiger partial charge in [-0.2, -0.15) is 0 Å². The highest BCUT2D eigenvalue weighted by atomic mass is 35.5. The summed E-state index contributed by atoms with van der Waals surface area (Å²) in [6, 6.07) is 11.2. The van der Waals surface area contributed by atoms with E-state index in [0.717, 1.165) is 0 Å². The van der Waals surface area contributed by atoms with E-state index in [9.17, 15) is 9.59 Å². The number of benzene rings is 2. The minimum atomic E-state index is -0.727. The Morgan fingerprint density at radius 1 is 1.05 bits per heavy atom. The van der Waals surface area contributed by atoms with Crippen LogP contribution in [0.15, 0.2) is 42.5 Å². The number of esters is 1. The van der Waals surface area contributed by atoms with Crippen molar-refractivity contribution in [2.75, 3.05) is 12.3 Å². The molecule has 0 fully saturated rings. The fourth-order valence-corrected chi connectivity index (χ4v) is 1.99. The highest BCUT2D eigenvalue weighted by Crippen LogP contribution is 2.27. The molecule has 21 heavy (non-hydrogen) atoms. The van der Waals surface area contributed by atoms with Crippen LogP contribution in [0.4, 0.5) is 5.69 Å². The van der Waals surface area contributed by atoms with Gasteiger partial charge in [0.25, 0.3) is 0 Å². The topological polar surface area (TPSA) is 69.4 Å². The van der Waals surface area contributed by atoms with Crippen molar-refractivity contribution in [3.8, 4) is 0 Å². The van der Waals surface area contributed by atoms with Crippen LogP contribution in [-0.4, -0.2) is 18.4 Å². The Morgan fingerprint density at radius 3 is 2.33 bits per heavy atom. The summed E-state index contributed by atoms with van der Waals surface area (Å²) in [4.78, 5) is 23.7. The van der Waals surface area contributed by atoms with Gasteiger partial charge in [0, 0.05) is 11.3 Å². The number of hydrogen-bond donors (Lipinski definition) is 1. The lowest BCUT2D eigenvalue weighted by Gasteiger charge is -2.08. The first-order valence-electron chi connectivity index (χ1n) is 5.99. The lowest BCUT2D eigenvalue weighted by atomic mass is 10.1. The van der Waals surface area contributed by atoms with Crippen LogP contribution in [0.3, 0.4) is 0 Å². The van der Waals surface area contributed by atoms with Crippen molar-refractivity contribution in [2.45, 2.75) is 0 Å². The van der Waals surface area contributed by atoms with E-state index in [1.54, 1.807) is 30.3 Å². The monoisotopic (exact) mass is 323 g/mol. The molecule has 0 spiro atoms. The Hall–Kier alpha value is -2.04. The molecule has 2 aromatic rings. The Morgan fingerprint density at radius 2 is 1.67 bits per heavy atom. The normalized spacial score (nSPS) is 10.2. The molecule has 0 unspecified atom stereocenters. The Bertz CT molecular complexity index is 687. The van der Waals surface area contributed by atoms with Crippen molar-refractivity contribution >= 4 is 40.6 Å². The molecule has 0 saturated heterocycles. The summed E-state index contributed by atoms with van der Waals surface area (Å²) < 4.78 is 4.95. The van der Waals surface area contributed by atoms with Crippen molar-refractivity contribution in [1.29, 1.82) is 0 Å². The number of anilines is 1. The van der Waals surface area contributed by atoms with Crippen LogP contribution >= 0.6 is 23.2 Å². The van der Waals surface area contributed by atoms with Gasteiger partial charge in [-0.3, -0.25) is 4.79 Å². The maximum absolute atomic E-state index is 11.9. The summed E-state index contributed by atoms with van der Waals surface area (Å²) in [7, 11) is 0. The number of halogens is 2. The number of nitrogens with two attached hydrogens (primary N) is 1. The second-order valence-corrected chi connectivity index (χ2v) is 5.03. The Kier molecular flexibility index (Phi) is 4.83. The van der Waals surface area contributed by atoms with E-state index in [-0.39, 0.29) is 33.7 Å².